The molecule has 0 saturated heterocycles. The van der Waals surface area contributed by atoms with Crippen molar-refractivity contribution in [2.24, 2.45) is 0 Å². The van der Waals surface area contributed by atoms with E-state index in [9.17, 15) is 9.59 Å². The highest BCUT2D eigenvalue weighted by Crippen LogP contribution is 2.06. The maximum Gasteiger partial charge on any atom is 0.253 e. The van der Waals surface area contributed by atoms with Crippen molar-refractivity contribution in [3.05, 3.63) is 27.5 Å². The average molecular weight is 125 g/mol. The van der Waals surface area contributed by atoms with Gasteiger partial charge in [0.2, 0.25) is 0 Å². The van der Waals surface area contributed by atoms with E-state index in [1.807, 2.05) is 0 Å². The normalized spacial score (nSPS) is 9.89. The van der Waals surface area contributed by atoms with Gasteiger partial charge in [-0.25, -0.2) is 0 Å². The third kappa shape index (κ3) is 0.526. The van der Waals surface area contributed by atoms with E-state index in [-0.39, 0.29) is 11.4 Å². The summed E-state index contributed by atoms with van der Waals surface area (Å²) in [5.74, 6) is 0. The van der Waals surface area contributed by atoms with Crippen LogP contribution in [0.3, 0.4) is 0 Å². The standard InChI is InChI=1S/C5H5N2O2/c1-7-3-2(6)4(8)5(3)9/h7H,1,6H2. The molecule has 0 spiro atoms. The maximum atomic E-state index is 10.4. The van der Waals surface area contributed by atoms with Gasteiger partial charge in [-0.15, -0.1) is 0 Å². The molecular formula is C5H5N2O2. The van der Waals surface area contributed by atoms with E-state index < -0.39 is 10.9 Å². The van der Waals surface area contributed by atoms with Crippen LogP contribution in [0.5, 0.6) is 0 Å². The molecule has 47 valence electrons. The molecular weight excluding hydrogens is 120 g/mol. The van der Waals surface area contributed by atoms with Crippen LogP contribution in [0.15, 0.2) is 9.59 Å². The van der Waals surface area contributed by atoms with Gasteiger partial charge in [-0.05, 0) is 0 Å². The first-order valence-electron chi connectivity index (χ1n) is 2.30. The lowest BCUT2D eigenvalue weighted by Gasteiger charge is -2.02. The minimum absolute atomic E-state index is 0.0185. The summed E-state index contributed by atoms with van der Waals surface area (Å²) in [6.45, 7) is 0. The summed E-state index contributed by atoms with van der Waals surface area (Å²) in [5, 5.41) is 2.27. The molecule has 3 N–H and O–H groups in total. The Morgan fingerprint density at radius 3 is 2.11 bits per heavy atom. The highest BCUT2D eigenvalue weighted by molar-refractivity contribution is 5.71. The summed E-state index contributed by atoms with van der Waals surface area (Å²) in [6.07, 6.45) is 0. The number of nitrogen functional groups attached to an aromatic ring is 1. The van der Waals surface area contributed by atoms with E-state index in [1.165, 1.54) is 0 Å². The predicted octanol–water partition coefficient (Wildman–Crippen LogP) is -0.932. The molecule has 1 rings (SSSR count). The van der Waals surface area contributed by atoms with Crippen molar-refractivity contribution in [2.75, 3.05) is 11.1 Å². The molecule has 1 radical (unpaired) electrons. The predicted molar refractivity (Wildman–Crippen MR) is 34.7 cm³/mol. The second-order valence-electron chi connectivity index (χ2n) is 1.62. The van der Waals surface area contributed by atoms with E-state index in [0.29, 0.717) is 0 Å². The molecule has 0 amide bonds. The highest BCUT2D eigenvalue weighted by atomic mass is 16.2. The summed E-state index contributed by atoms with van der Waals surface area (Å²) in [6, 6.07) is 0. The molecule has 0 bridgehead atoms. The van der Waals surface area contributed by atoms with Gasteiger partial charge in [-0.2, -0.15) is 0 Å². The van der Waals surface area contributed by atoms with Crippen LogP contribution in [0.4, 0.5) is 11.4 Å². The average Bonchev–Trinajstić information content (AvgIpc) is 1.89. The Morgan fingerprint density at radius 2 is 1.89 bits per heavy atom. The van der Waals surface area contributed by atoms with E-state index in [4.69, 9.17) is 5.73 Å². The minimum atomic E-state index is -0.624. The van der Waals surface area contributed by atoms with Gasteiger partial charge in [0.25, 0.3) is 10.9 Å². The van der Waals surface area contributed by atoms with Crippen molar-refractivity contribution in [1.29, 1.82) is 0 Å². The molecule has 1 aromatic carbocycles. The van der Waals surface area contributed by atoms with E-state index in [0.717, 1.165) is 0 Å². The minimum Gasteiger partial charge on any atom is -0.394 e. The van der Waals surface area contributed by atoms with Crippen LogP contribution in [0.2, 0.25) is 0 Å². The van der Waals surface area contributed by atoms with Crippen molar-refractivity contribution >= 4 is 11.4 Å². The summed E-state index contributed by atoms with van der Waals surface area (Å²) < 4.78 is 0. The molecule has 9 heavy (non-hydrogen) atoms. The number of anilines is 2. The third-order valence-electron chi connectivity index (χ3n) is 1.12. The Kier molecular flexibility index (Phi) is 1.02. The fourth-order valence-corrected chi connectivity index (χ4v) is 0.585. The molecule has 0 aliphatic rings. The van der Waals surface area contributed by atoms with Gasteiger partial charge < -0.3 is 11.1 Å². The van der Waals surface area contributed by atoms with Crippen molar-refractivity contribution in [3.8, 4) is 0 Å². The Morgan fingerprint density at radius 1 is 1.33 bits per heavy atom. The van der Waals surface area contributed by atoms with Crippen LogP contribution in [0, 0.1) is 7.05 Å². The molecule has 0 unspecified atom stereocenters. The van der Waals surface area contributed by atoms with Crippen LogP contribution in [0.1, 0.15) is 0 Å². The molecule has 0 atom stereocenters. The second kappa shape index (κ2) is 1.58. The quantitative estimate of drug-likeness (QED) is 0.475. The van der Waals surface area contributed by atoms with Gasteiger partial charge in [-0.1, -0.05) is 0 Å². The van der Waals surface area contributed by atoms with Gasteiger partial charge in [0.1, 0.15) is 11.4 Å². The van der Waals surface area contributed by atoms with Crippen LogP contribution in [-0.2, 0) is 0 Å². The first-order valence-corrected chi connectivity index (χ1v) is 2.30. The summed E-state index contributed by atoms with van der Waals surface area (Å²) in [5.41, 5.74) is 3.98. The van der Waals surface area contributed by atoms with Gasteiger partial charge >= 0.3 is 0 Å². The molecule has 4 nitrogen and oxygen atoms in total. The van der Waals surface area contributed by atoms with Crippen LogP contribution >= 0.6 is 0 Å². The van der Waals surface area contributed by atoms with Gasteiger partial charge in [-0.3, -0.25) is 9.59 Å². The largest absolute Gasteiger partial charge is 0.394 e. The number of hydrogen-bond donors (Lipinski definition) is 2. The zero-order chi connectivity index (χ0) is 7.02. The van der Waals surface area contributed by atoms with Gasteiger partial charge in [0.15, 0.2) is 0 Å². The van der Waals surface area contributed by atoms with E-state index in [2.05, 4.69) is 12.4 Å². The maximum absolute atomic E-state index is 10.4. The highest BCUT2D eigenvalue weighted by Gasteiger charge is 2.15. The summed E-state index contributed by atoms with van der Waals surface area (Å²) in [4.78, 5) is 20.7. The molecule has 1 aromatic rings. The SMILES string of the molecule is [CH2]Nc1c(N)c(=O)c1=O. The van der Waals surface area contributed by atoms with Crippen molar-refractivity contribution in [3.63, 3.8) is 0 Å². The van der Waals surface area contributed by atoms with E-state index in [1.54, 1.807) is 0 Å². The van der Waals surface area contributed by atoms with Crippen molar-refractivity contribution in [1.82, 2.24) is 0 Å². The number of nitrogens with one attached hydrogen (secondary N) is 1. The smallest absolute Gasteiger partial charge is 0.253 e. The van der Waals surface area contributed by atoms with E-state index >= 15 is 0 Å². The van der Waals surface area contributed by atoms with Crippen LogP contribution in [-0.4, -0.2) is 0 Å². The lowest BCUT2D eigenvalue weighted by molar-refractivity contribution is 1.39. The fourth-order valence-electron chi connectivity index (χ4n) is 0.585. The Bertz CT molecular complexity index is 296. The lowest BCUT2D eigenvalue weighted by atomic mass is 10.2. The monoisotopic (exact) mass is 125 g/mol. The van der Waals surface area contributed by atoms with Gasteiger partial charge in [0, 0.05) is 7.05 Å². The molecule has 0 aliphatic carbocycles. The zero-order valence-corrected chi connectivity index (χ0v) is 4.60. The molecule has 4 heteroatoms. The number of nitrogens with two attached hydrogens (primary N) is 1. The second-order valence-corrected chi connectivity index (χ2v) is 1.62. The molecule has 0 saturated carbocycles. The Hall–Kier alpha value is -1.32. The van der Waals surface area contributed by atoms with Crippen LogP contribution in [0.25, 0.3) is 0 Å². The summed E-state index contributed by atoms with van der Waals surface area (Å²) >= 11 is 0. The molecule has 0 aromatic heterocycles. The number of hydrogen-bond acceptors (Lipinski definition) is 4. The van der Waals surface area contributed by atoms with Crippen molar-refractivity contribution < 1.29 is 0 Å². The molecule has 0 heterocycles. The molecule has 0 aliphatic heterocycles. The van der Waals surface area contributed by atoms with Gasteiger partial charge in [0.05, 0.1) is 0 Å². The third-order valence-corrected chi connectivity index (χ3v) is 1.12. The first-order chi connectivity index (χ1) is 4.18. The summed E-state index contributed by atoms with van der Waals surface area (Å²) in [7, 11) is 3.18. The first kappa shape index (κ1) is 5.81. The fraction of sp³-hybridized carbons (Fsp3) is 0. The number of rotatable bonds is 1. The Balaban J connectivity index is 3.25. The Labute approximate surface area is 51.0 Å². The van der Waals surface area contributed by atoms with Crippen LogP contribution < -0.4 is 21.9 Å². The lowest BCUT2D eigenvalue weighted by Crippen LogP contribution is -2.35. The zero-order valence-electron chi connectivity index (χ0n) is 4.60. The molecule has 0 fully saturated rings. The topological polar surface area (TPSA) is 72.2 Å². The van der Waals surface area contributed by atoms with Crippen molar-refractivity contribution in [2.45, 2.75) is 0 Å².